The van der Waals surface area contributed by atoms with Gasteiger partial charge in [-0.2, -0.15) is 0 Å². The van der Waals surface area contributed by atoms with Crippen molar-refractivity contribution in [3.8, 4) is 5.75 Å². The predicted molar refractivity (Wildman–Crippen MR) is 79.8 cm³/mol. The van der Waals surface area contributed by atoms with Crippen molar-refractivity contribution < 1.29 is 14.3 Å². The second-order valence-corrected chi connectivity index (χ2v) is 5.18. The highest BCUT2D eigenvalue weighted by Gasteiger charge is 2.27. The number of primary amides is 1. The van der Waals surface area contributed by atoms with Gasteiger partial charge in [0.15, 0.2) is 0 Å². The molecule has 0 radical (unpaired) electrons. The molecule has 2 amide bonds. The second kappa shape index (κ2) is 6.47. The Morgan fingerprint density at radius 1 is 1.43 bits per heavy atom. The van der Waals surface area contributed by atoms with Gasteiger partial charge in [-0.3, -0.25) is 9.59 Å². The molecule has 1 aromatic carbocycles. The van der Waals surface area contributed by atoms with Crippen molar-refractivity contribution in [2.45, 2.75) is 19.8 Å². The molecule has 0 aromatic heterocycles. The molecule has 0 aliphatic carbocycles. The number of likely N-dealkylation sites (tertiary alicyclic amines) is 1. The molecule has 1 fully saturated rings. The summed E-state index contributed by atoms with van der Waals surface area (Å²) in [7, 11) is 0. The molecular formula is C15H21N3O3. The van der Waals surface area contributed by atoms with Crippen LogP contribution in [0.4, 0.5) is 5.69 Å². The molecule has 1 saturated heterocycles. The van der Waals surface area contributed by atoms with Gasteiger partial charge in [0, 0.05) is 18.7 Å². The summed E-state index contributed by atoms with van der Waals surface area (Å²) in [5, 5.41) is 0. The Bertz CT molecular complexity index is 545. The predicted octanol–water partition coefficient (Wildman–Crippen LogP) is 1.00. The fourth-order valence-corrected chi connectivity index (χ4v) is 2.54. The van der Waals surface area contributed by atoms with Gasteiger partial charge in [0.05, 0.1) is 18.2 Å². The molecule has 1 aromatic rings. The van der Waals surface area contributed by atoms with Crippen molar-refractivity contribution in [3.05, 3.63) is 23.8 Å². The van der Waals surface area contributed by atoms with E-state index < -0.39 is 0 Å². The molecular weight excluding hydrogens is 270 g/mol. The van der Waals surface area contributed by atoms with Crippen LogP contribution in [0.5, 0.6) is 5.75 Å². The maximum atomic E-state index is 12.5. The molecule has 1 heterocycles. The summed E-state index contributed by atoms with van der Waals surface area (Å²) in [6.45, 7) is 3.40. The Morgan fingerprint density at radius 2 is 2.19 bits per heavy atom. The van der Waals surface area contributed by atoms with E-state index in [1.165, 1.54) is 0 Å². The summed E-state index contributed by atoms with van der Waals surface area (Å²) in [4.78, 5) is 25.4. The topological polar surface area (TPSA) is 98.6 Å². The van der Waals surface area contributed by atoms with Crippen LogP contribution in [0.25, 0.3) is 0 Å². The largest absolute Gasteiger partial charge is 0.492 e. The standard InChI is InChI=1S/C15H21N3O3/c1-2-21-13-6-5-10(8-12(13)16)15(20)18-7-3-4-11(9-18)14(17)19/h5-6,8,11H,2-4,7,9,16H2,1H3,(H2,17,19). The summed E-state index contributed by atoms with van der Waals surface area (Å²) in [5.41, 5.74) is 12.1. The van der Waals surface area contributed by atoms with E-state index in [2.05, 4.69) is 0 Å². The van der Waals surface area contributed by atoms with Crippen molar-refractivity contribution in [3.63, 3.8) is 0 Å². The number of hydrogen-bond acceptors (Lipinski definition) is 4. The number of amides is 2. The number of nitrogen functional groups attached to an aromatic ring is 1. The molecule has 0 saturated carbocycles. The first kappa shape index (κ1) is 15.2. The lowest BCUT2D eigenvalue weighted by atomic mass is 9.97. The number of ether oxygens (including phenoxy) is 1. The van der Waals surface area contributed by atoms with E-state index >= 15 is 0 Å². The number of carbonyl (C=O) groups is 2. The second-order valence-electron chi connectivity index (χ2n) is 5.18. The van der Waals surface area contributed by atoms with Crippen LogP contribution in [0.15, 0.2) is 18.2 Å². The van der Waals surface area contributed by atoms with Gasteiger partial charge in [-0.05, 0) is 38.0 Å². The molecule has 4 N–H and O–H groups in total. The van der Waals surface area contributed by atoms with Gasteiger partial charge >= 0.3 is 0 Å². The minimum absolute atomic E-state index is 0.129. The van der Waals surface area contributed by atoms with E-state index in [1.807, 2.05) is 6.92 Å². The quantitative estimate of drug-likeness (QED) is 0.809. The lowest BCUT2D eigenvalue weighted by molar-refractivity contribution is -0.123. The fraction of sp³-hybridized carbons (Fsp3) is 0.467. The van der Waals surface area contributed by atoms with Crippen molar-refractivity contribution in [2.75, 3.05) is 25.4 Å². The number of nitrogens with two attached hydrogens (primary N) is 2. The highest BCUT2D eigenvalue weighted by Crippen LogP contribution is 2.24. The van der Waals surface area contributed by atoms with Crippen LogP contribution in [0.2, 0.25) is 0 Å². The molecule has 2 rings (SSSR count). The van der Waals surface area contributed by atoms with Crippen LogP contribution in [0.1, 0.15) is 30.1 Å². The van der Waals surface area contributed by atoms with E-state index in [0.717, 1.165) is 12.8 Å². The molecule has 0 spiro atoms. The average molecular weight is 291 g/mol. The molecule has 114 valence electrons. The van der Waals surface area contributed by atoms with Crippen LogP contribution in [-0.2, 0) is 4.79 Å². The Hall–Kier alpha value is -2.24. The summed E-state index contributed by atoms with van der Waals surface area (Å²) >= 11 is 0. The van der Waals surface area contributed by atoms with E-state index in [0.29, 0.717) is 36.7 Å². The van der Waals surface area contributed by atoms with E-state index in [1.54, 1.807) is 23.1 Å². The first-order valence-electron chi connectivity index (χ1n) is 7.13. The Morgan fingerprint density at radius 3 is 2.81 bits per heavy atom. The molecule has 1 atom stereocenters. The molecule has 6 heteroatoms. The number of benzene rings is 1. The smallest absolute Gasteiger partial charge is 0.253 e. The van der Waals surface area contributed by atoms with Crippen LogP contribution >= 0.6 is 0 Å². The average Bonchev–Trinajstić information content (AvgIpc) is 2.49. The van der Waals surface area contributed by atoms with Crippen LogP contribution < -0.4 is 16.2 Å². The van der Waals surface area contributed by atoms with Gasteiger partial charge in [-0.25, -0.2) is 0 Å². The van der Waals surface area contributed by atoms with Crippen molar-refractivity contribution >= 4 is 17.5 Å². The summed E-state index contributed by atoms with van der Waals surface area (Å²) in [6.07, 6.45) is 1.52. The minimum atomic E-state index is -0.348. The zero-order chi connectivity index (χ0) is 15.4. The van der Waals surface area contributed by atoms with Crippen molar-refractivity contribution in [1.82, 2.24) is 4.90 Å². The minimum Gasteiger partial charge on any atom is -0.492 e. The Labute approximate surface area is 124 Å². The maximum Gasteiger partial charge on any atom is 0.253 e. The van der Waals surface area contributed by atoms with Gasteiger partial charge in [-0.1, -0.05) is 0 Å². The van der Waals surface area contributed by atoms with Crippen molar-refractivity contribution in [1.29, 1.82) is 0 Å². The van der Waals surface area contributed by atoms with Crippen LogP contribution in [-0.4, -0.2) is 36.4 Å². The first-order chi connectivity index (χ1) is 10.0. The van der Waals surface area contributed by atoms with E-state index in [9.17, 15) is 9.59 Å². The molecule has 1 aliphatic heterocycles. The number of nitrogens with zero attached hydrogens (tertiary/aromatic N) is 1. The lowest BCUT2D eigenvalue weighted by Gasteiger charge is -2.31. The normalized spacial score (nSPS) is 18.3. The third-order valence-electron chi connectivity index (χ3n) is 3.67. The number of anilines is 1. The Balaban J connectivity index is 2.12. The number of rotatable bonds is 4. The van der Waals surface area contributed by atoms with Crippen LogP contribution in [0.3, 0.4) is 0 Å². The van der Waals surface area contributed by atoms with Crippen molar-refractivity contribution in [2.24, 2.45) is 11.7 Å². The number of piperidine rings is 1. The summed E-state index contributed by atoms with van der Waals surface area (Å²) in [5.74, 6) is -0.167. The van der Waals surface area contributed by atoms with E-state index in [4.69, 9.17) is 16.2 Å². The van der Waals surface area contributed by atoms with Crippen LogP contribution in [0, 0.1) is 5.92 Å². The molecule has 1 unspecified atom stereocenters. The summed E-state index contributed by atoms with van der Waals surface area (Å²) in [6, 6.07) is 5.00. The highest BCUT2D eigenvalue weighted by atomic mass is 16.5. The zero-order valence-corrected chi connectivity index (χ0v) is 12.2. The zero-order valence-electron chi connectivity index (χ0n) is 12.2. The number of hydrogen-bond donors (Lipinski definition) is 2. The summed E-state index contributed by atoms with van der Waals surface area (Å²) < 4.78 is 5.35. The first-order valence-corrected chi connectivity index (χ1v) is 7.13. The third kappa shape index (κ3) is 3.45. The number of carbonyl (C=O) groups excluding carboxylic acids is 2. The molecule has 1 aliphatic rings. The highest BCUT2D eigenvalue weighted by molar-refractivity contribution is 5.96. The SMILES string of the molecule is CCOc1ccc(C(=O)N2CCCC(C(N)=O)C2)cc1N. The van der Waals surface area contributed by atoms with Gasteiger partial charge in [0.1, 0.15) is 5.75 Å². The Kier molecular flexibility index (Phi) is 4.67. The monoisotopic (exact) mass is 291 g/mol. The molecule has 21 heavy (non-hydrogen) atoms. The van der Waals surface area contributed by atoms with Gasteiger partial charge in [0.25, 0.3) is 5.91 Å². The fourth-order valence-electron chi connectivity index (χ4n) is 2.54. The van der Waals surface area contributed by atoms with E-state index in [-0.39, 0.29) is 17.7 Å². The third-order valence-corrected chi connectivity index (χ3v) is 3.67. The lowest BCUT2D eigenvalue weighted by Crippen LogP contribution is -2.44. The molecule has 0 bridgehead atoms. The maximum absolute atomic E-state index is 12.5. The van der Waals surface area contributed by atoms with Gasteiger partial charge in [0.2, 0.25) is 5.91 Å². The molecule has 6 nitrogen and oxygen atoms in total. The van der Waals surface area contributed by atoms with Gasteiger partial charge < -0.3 is 21.1 Å². The van der Waals surface area contributed by atoms with Gasteiger partial charge in [-0.15, -0.1) is 0 Å².